The largest absolute Gasteiger partial charge is 0.390 e. The Morgan fingerprint density at radius 3 is 2.53 bits per heavy atom. The number of rotatable bonds is 6. The highest BCUT2D eigenvalue weighted by atomic mass is 32.1. The van der Waals surface area contributed by atoms with Crippen LogP contribution in [-0.2, 0) is 12.8 Å². The highest BCUT2D eigenvalue weighted by Crippen LogP contribution is 2.32. The zero-order valence-corrected chi connectivity index (χ0v) is 11.7. The van der Waals surface area contributed by atoms with Gasteiger partial charge >= 0.3 is 0 Å². The number of nitrogens with one attached hydrogen (secondary N) is 1. The highest BCUT2D eigenvalue weighted by Gasteiger charge is 2.20. The molecule has 3 N–H and O–H groups in total. The van der Waals surface area contributed by atoms with E-state index < -0.39 is 0 Å². The second-order valence-corrected chi connectivity index (χ2v) is 5.24. The van der Waals surface area contributed by atoms with Crippen LogP contribution in [0, 0.1) is 0 Å². The number of nitrogens with two attached hydrogens (primary N) is 1. The first-order valence-corrected chi connectivity index (χ1v) is 7.15. The van der Waals surface area contributed by atoms with Crippen LogP contribution in [0.3, 0.4) is 0 Å². The predicted molar refractivity (Wildman–Crippen MR) is 74.7 cm³/mol. The first kappa shape index (κ1) is 14.0. The average molecular weight is 254 g/mol. The molecule has 0 unspecified atom stereocenters. The van der Waals surface area contributed by atoms with E-state index in [1.54, 1.807) is 11.3 Å². The normalized spacial score (nSPS) is 10.5. The second-order valence-electron chi connectivity index (χ2n) is 4.10. The van der Waals surface area contributed by atoms with Crippen molar-refractivity contribution >= 4 is 22.2 Å². The summed E-state index contributed by atoms with van der Waals surface area (Å²) in [4.78, 5) is 13.3. The third-order valence-corrected chi connectivity index (χ3v) is 3.91. The zero-order valence-electron chi connectivity index (χ0n) is 10.9. The van der Waals surface area contributed by atoms with Crippen LogP contribution in [-0.4, -0.2) is 12.5 Å². The lowest BCUT2D eigenvalue weighted by Gasteiger charge is -2.07. The maximum absolute atomic E-state index is 12.1. The van der Waals surface area contributed by atoms with Crippen LogP contribution in [0.15, 0.2) is 0 Å². The molecule has 0 saturated heterocycles. The van der Waals surface area contributed by atoms with Crippen LogP contribution in [0.4, 0.5) is 5.00 Å². The van der Waals surface area contributed by atoms with E-state index in [2.05, 4.69) is 19.2 Å². The Kier molecular flexibility index (Phi) is 5.48. The molecular formula is C13H22N2OS. The lowest BCUT2D eigenvalue weighted by atomic mass is 10.0. The van der Waals surface area contributed by atoms with Gasteiger partial charge in [-0.3, -0.25) is 4.79 Å². The van der Waals surface area contributed by atoms with E-state index in [1.165, 1.54) is 4.88 Å². The Morgan fingerprint density at radius 2 is 2.00 bits per heavy atom. The Balaban J connectivity index is 3.03. The molecule has 17 heavy (non-hydrogen) atoms. The van der Waals surface area contributed by atoms with Crippen molar-refractivity contribution in [1.29, 1.82) is 0 Å². The van der Waals surface area contributed by atoms with Crippen LogP contribution in [0.2, 0.25) is 0 Å². The van der Waals surface area contributed by atoms with Crippen molar-refractivity contribution in [2.75, 3.05) is 12.3 Å². The van der Waals surface area contributed by atoms with E-state index in [9.17, 15) is 4.79 Å². The minimum absolute atomic E-state index is 0.0104. The maximum atomic E-state index is 12.1. The minimum Gasteiger partial charge on any atom is -0.390 e. The molecule has 0 aliphatic heterocycles. The molecule has 1 heterocycles. The van der Waals surface area contributed by atoms with Crippen molar-refractivity contribution in [3.8, 4) is 0 Å². The van der Waals surface area contributed by atoms with Crippen molar-refractivity contribution in [2.45, 2.75) is 46.5 Å². The highest BCUT2D eigenvalue weighted by molar-refractivity contribution is 7.16. The summed E-state index contributed by atoms with van der Waals surface area (Å²) in [6.07, 6.45) is 3.87. The van der Waals surface area contributed by atoms with Crippen LogP contribution >= 0.6 is 11.3 Å². The fourth-order valence-electron chi connectivity index (χ4n) is 1.91. The number of carbonyl (C=O) groups is 1. The van der Waals surface area contributed by atoms with Gasteiger partial charge in [-0.05, 0) is 24.8 Å². The second kappa shape index (κ2) is 6.64. The van der Waals surface area contributed by atoms with Crippen LogP contribution in [0.1, 0.15) is 54.4 Å². The molecule has 0 aliphatic rings. The summed E-state index contributed by atoms with van der Waals surface area (Å²) in [5.41, 5.74) is 7.86. The van der Waals surface area contributed by atoms with Crippen molar-refractivity contribution in [1.82, 2.24) is 5.32 Å². The summed E-state index contributed by atoms with van der Waals surface area (Å²) < 4.78 is 0. The number of hydrogen-bond donors (Lipinski definition) is 2. The molecule has 0 aromatic carbocycles. The third-order valence-electron chi connectivity index (χ3n) is 2.70. The van der Waals surface area contributed by atoms with Gasteiger partial charge in [-0.1, -0.05) is 27.2 Å². The molecule has 0 atom stereocenters. The summed E-state index contributed by atoms with van der Waals surface area (Å²) >= 11 is 1.56. The third kappa shape index (κ3) is 3.22. The Labute approximate surface area is 107 Å². The SMILES string of the molecule is CCCNC(=O)c1c(N)sc(CC)c1CCC. The topological polar surface area (TPSA) is 55.1 Å². The van der Waals surface area contributed by atoms with Crippen molar-refractivity contribution < 1.29 is 4.79 Å². The molecule has 0 aliphatic carbocycles. The summed E-state index contributed by atoms with van der Waals surface area (Å²) in [6, 6.07) is 0. The molecule has 1 aromatic heterocycles. The first-order valence-electron chi connectivity index (χ1n) is 6.33. The monoisotopic (exact) mass is 254 g/mol. The summed E-state index contributed by atoms with van der Waals surface area (Å²) in [5, 5.41) is 3.58. The number of thiophene rings is 1. The van der Waals surface area contributed by atoms with Gasteiger partial charge in [-0.25, -0.2) is 0 Å². The Bertz CT molecular complexity index is 385. The summed E-state index contributed by atoms with van der Waals surface area (Å²) in [6.45, 7) is 6.99. The van der Waals surface area contributed by atoms with Crippen LogP contribution < -0.4 is 11.1 Å². The van der Waals surface area contributed by atoms with E-state index in [0.29, 0.717) is 11.5 Å². The summed E-state index contributed by atoms with van der Waals surface area (Å²) in [7, 11) is 0. The minimum atomic E-state index is -0.0104. The van der Waals surface area contributed by atoms with Gasteiger partial charge in [0.25, 0.3) is 5.91 Å². The van der Waals surface area contributed by atoms with E-state index >= 15 is 0 Å². The molecule has 3 nitrogen and oxygen atoms in total. The Morgan fingerprint density at radius 1 is 1.29 bits per heavy atom. The maximum Gasteiger partial charge on any atom is 0.254 e. The van der Waals surface area contributed by atoms with Crippen LogP contribution in [0.25, 0.3) is 0 Å². The first-order chi connectivity index (χ1) is 8.15. The fourth-order valence-corrected chi connectivity index (χ4v) is 2.96. The van der Waals surface area contributed by atoms with Gasteiger partial charge in [-0.2, -0.15) is 0 Å². The molecule has 1 rings (SSSR count). The average Bonchev–Trinajstić information content (AvgIpc) is 2.63. The molecule has 1 aromatic rings. The summed E-state index contributed by atoms with van der Waals surface area (Å²) in [5.74, 6) is -0.0104. The molecule has 0 spiro atoms. The number of hydrogen-bond acceptors (Lipinski definition) is 3. The van der Waals surface area contributed by atoms with Crippen molar-refractivity contribution in [2.24, 2.45) is 0 Å². The van der Waals surface area contributed by atoms with Gasteiger partial charge in [0.2, 0.25) is 0 Å². The predicted octanol–water partition coefficient (Wildman–Crippen LogP) is 2.99. The Hall–Kier alpha value is -1.03. The van der Waals surface area contributed by atoms with Gasteiger partial charge in [0.1, 0.15) is 0 Å². The lowest BCUT2D eigenvalue weighted by molar-refractivity contribution is 0.0954. The molecule has 4 heteroatoms. The molecule has 0 saturated carbocycles. The van der Waals surface area contributed by atoms with Crippen molar-refractivity contribution in [3.63, 3.8) is 0 Å². The number of nitrogen functional groups attached to an aromatic ring is 1. The fraction of sp³-hybridized carbons (Fsp3) is 0.615. The zero-order chi connectivity index (χ0) is 12.8. The van der Waals surface area contributed by atoms with Gasteiger partial charge < -0.3 is 11.1 Å². The van der Waals surface area contributed by atoms with E-state index in [0.717, 1.165) is 36.8 Å². The smallest absolute Gasteiger partial charge is 0.254 e. The molecule has 96 valence electrons. The van der Waals surface area contributed by atoms with E-state index in [4.69, 9.17) is 5.73 Å². The number of aryl methyl sites for hydroxylation is 1. The van der Waals surface area contributed by atoms with Gasteiger partial charge in [0.15, 0.2) is 0 Å². The number of carbonyl (C=O) groups excluding carboxylic acids is 1. The van der Waals surface area contributed by atoms with E-state index in [1.807, 2.05) is 6.92 Å². The molecular weight excluding hydrogens is 232 g/mol. The molecule has 0 bridgehead atoms. The molecule has 0 fully saturated rings. The quantitative estimate of drug-likeness (QED) is 0.820. The lowest BCUT2D eigenvalue weighted by Crippen LogP contribution is -2.25. The van der Waals surface area contributed by atoms with Gasteiger partial charge in [0.05, 0.1) is 10.6 Å². The van der Waals surface area contributed by atoms with Gasteiger partial charge in [0, 0.05) is 11.4 Å². The standard InChI is InChI=1S/C13H22N2OS/c1-4-7-9-10(6-3)17-12(14)11(9)13(16)15-8-5-2/h4-8,14H2,1-3H3,(H,15,16). The number of anilines is 1. The van der Waals surface area contributed by atoms with E-state index in [-0.39, 0.29) is 5.91 Å². The molecule has 0 radical (unpaired) electrons. The number of amides is 1. The molecule has 1 amide bonds. The van der Waals surface area contributed by atoms with Crippen LogP contribution in [0.5, 0.6) is 0 Å². The van der Waals surface area contributed by atoms with Gasteiger partial charge in [-0.15, -0.1) is 11.3 Å². The van der Waals surface area contributed by atoms with Crippen molar-refractivity contribution in [3.05, 3.63) is 16.0 Å².